The fraction of sp³-hybridized carbons (Fsp3) is 0.800. The second kappa shape index (κ2) is 6.00. The number of hydrogen-bond donors (Lipinski definition) is 1. The summed E-state index contributed by atoms with van der Waals surface area (Å²) in [6.07, 6.45) is 6.19. The summed E-state index contributed by atoms with van der Waals surface area (Å²) < 4.78 is 0. The number of likely N-dealkylation sites (tertiary alicyclic amines) is 1. The molecule has 0 aromatic carbocycles. The minimum Gasteiger partial charge on any atom is -0.348 e. The fourth-order valence-electron chi connectivity index (χ4n) is 3.37. The van der Waals surface area contributed by atoms with Gasteiger partial charge in [-0.1, -0.05) is 11.3 Å². The van der Waals surface area contributed by atoms with Crippen molar-refractivity contribution in [3.63, 3.8) is 0 Å². The van der Waals surface area contributed by atoms with Crippen molar-refractivity contribution in [1.29, 1.82) is 0 Å². The van der Waals surface area contributed by atoms with Gasteiger partial charge in [-0.3, -0.25) is 0 Å². The molecule has 0 amide bonds. The first-order valence-electron chi connectivity index (χ1n) is 7.77. The average Bonchev–Trinajstić information content (AvgIpc) is 2.91. The number of thiazole rings is 1. The minimum absolute atomic E-state index is 0.524. The van der Waals surface area contributed by atoms with E-state index in [2.05, 4.69) is 36.3 Å². The molecule has 2 aliphatic rings. The van der Waals surface area contributed by atoms with Crippen molar-refractivity contribution < 1.29 is 0 Å². The van der Waals surface area contributed by atoms with Crippen molar-refractivity contribution in [2.75, 3.05) is 39.1 Å². The zero-order valence-corrected chi connectivity index (χ0v) is 13.7. The molecule has 112 valence electrons. The lowest BCUT2D eigenvalue weighted by atomic mass is 9.98. The zero-order valence-electron chi connectivity index (χ0n) is 12.9. The maximum Gasteiger partial charge on any atom is 0.185 e. The number of aromatic nitrogens is 1. The molecule has 2 heterocycles. The molecular formula is C15H26N4S. The summed E-state index contributed by atoms with van der Waals surface area (Å²) >= 11 is 1.91. The molecule has 1 fully saturated rings. The van der Waals surface area contributed by atoms with Gasteiger partial charge in [-0.2, -0.15) is 0 Å². The topological polar surface area (TPSA) is 31.4 Å². The van der Waals surface area contributed by atoms with Crippen molar-refractivity contribution in [1.82, 2.24) is 15.2 Å². The number of fused-ring (bicyclic) bond motifs is 1. The number of anilines is 1. The van der Waals surface area contributed by atoms with Gasteiger partial charge in [-0.05, 0) is 59.3 Å². The molecule has 1 aromatic rings. The zero-order chi connectivity index (χ0) is 14.1. The molecule has 1 atom stereocenters. The lowest BCUT2D eigenvalue weighted by molar-refractivity contribution is 0.253. The van der Waals surface area contributed by atoms with Crippen LogP contribution in [-0.4, -0.2) is 50.2 Å². The Kier molecular flexibility index (Phi) is 4.29. The van der Waals surface area contributed by atoms with Crippen molar-refractivity contribution >= 4 is 16.5 Å². The first kappa shape index (κ1) is 14.3. The van der Waals surface area contributed by atoms with Gasteiger partial charge in [0.2, 0.25) is 0 Å². The Morgan fingerprint density at radius 3 is 2.75 bits per heavy atom. The Morgan fingerprint density at radius 2 is 2.05 bits per heavy atom. The molecule has 3 rings (SSSR count). The van der Waals surface area contributed by atoms with E-state index in [4.69, 9.17) is 4.98 Å². The maximum atomic E-state index is 4.93. The van der Waals surface area contributed by atoms with Gasteiger partial charge < -0.3 is 15.1 Å². The van der Waals surface area contributed by atoms with Gasteiger partial charge in [-0.15, -0.1) is 0 Å². The highest BCUT2D eigenvalue weighted by molar-refractivity contribution is 7.15. The van der Waals surface area contributed by atoms with Gasteiger partial charge in [0.15, 0.2) is 5.13 Å². The molecule has 1 aliphatic carbocycles. The van der Waals surface area contributed by atoms with Crippen LogP contribution in [0.4, 0.5) is 5.13 Å². The Bertz CT molecular complexity index is 451. The van der Waals surface area contributed by atoms with E-state index in [1.165, 1.54) is 54.5 Å². The molecule has 0 radical (unpaired) electrons. The smallest absolute Gasteiger partial charge is 0.185 e. The van der Waals surface area contributed by atoms with E-state index < -0.39 is 0 Å². The monoisotopic (exact) mass is 294 g/mol. The average molecular weight is 294 g/mol. The van der Waals surface area contributed by atoms with Crippen LogP contribution >= 0.6 is 11.3 Å². The third-order valence-electron chi connectivity index (χ3n) is 4.83. The second-order valence-electron chi connectivity index (χ2n) is 6.19. The molecule has 1 aliphatic heterocycles. The van der Waals surface area contributed by atoms with Crippen LogP contribution in [-0.2, 0) is 6.42 Å². The van der Waals surface area contributed by atoms with Crippen molar-refractivity contribution in [3.05, 3.63) is 10.6 Å². The summed E-state index contributed by atoms with van der Waals surface area (Å²) in [5.74, 6) is 0. The van der Waals surface area contributed by atoms with E-state index in [0.29, 0.717) is 12.1 Å². The summed E-state index contributed by atoms with van der Waals surface area (Å²) in [5, 5.41) is 4.67. The van der Waals surface area contributed by atoms with Crippen LogP contribution in [0, 0.1) is 0 Å². The van der Waals surface area contributed by atoms with E-state index in [1.54, 1.807) is 0 Å². The van der Waals surface area contributed by atoms with Crippen molar-refractivity contribution in [2.24, 2.45) is 0 Å². The molecule has 0 spiro atoms. The van der Waals surface area contributed by atoms with E-state index in [0.717, 1.165) is 6.42 Å². The lowest BCUT2D eigenvalue weighted by Gasteiger charge is -2.34. The molecular weight excluding hydrogens is 268 g/mol. The largest absolute Gasteiger partial charge is 0.348 e. The van der Waals surface area contributed by atoms with Crippen LogP contribution in [0.15, 0.2) is 0 Å². The Morgan fingerprint density at radius 1 is 1.30 bits per heavy atom. The Hall–Kier alpha value is -0.650. The lowest BCUT2D eigenvalue weighted by Crippen LogP contribution is -2.41. The van der Waals surface area contributed by atoms with Crippen LogP contribution in [0.2, 0.25) is 0 Å². The third-order valence-corrected chi connectivity index (χ3v) is 6.13. The second-order valence-corrected chi connectivity index (χ2v) is 7.20. The first-order chi connectivity index (χ1) is 9.69. The Balaban J connectivity index is 1.75. The molecule has 4 nitrogen and oxygen atoms in total. The predicted molar refractivity (Wildman–Crippen MR) is 85.8 cm³/mol. The highest BCUT2D eigenvalue weighted by atomic mass is 32.1. The Labute approximate surface area is 126 Å². The summed E-state index contributed by atoms with van der Waals surface area (Å²) in [6.45, 7) is 2.42. The third kappa shape index (κ3) is 2.71. The van der Waals surface area contributed by atoms with Crippen LogP contribution in [0.1, 0.15) is 42.3 Å². The summed E-state index contributed by atoms with van der Waals surface area (Å²) in [7, 11) is 6.52. The number of hydrogen-bond acceptors (Lipinski definition) is 5. The van der Waals surface area contributed by atoms with Gasteiger partial charge in [0.1, 0.15) is 0 Å². The van der Waals surface area contributed by atoms with Crippen LogP contribution in [0.25, 0.3) is 0 Å². The quantitative estimate of drug-likeness (QED) is 0.927. The first-order valence-corrected chi connectivity index (χ1v) is 8.59. The van der Waals surface area contributed by atoms with Crippen molar-refractivity contribution in [2.45, 2.75) is 44.2 Å². The summed E-state index contributed by atoms with van der Waals surface area (Å²) in [6, 6.07) is 1.18. The number of rotatable bonds is 3. The molecule has 5 heteroatoms. The van der Waals surface area contributed by atoms with E-state index in [9.17, 15) is 0 Å². The van der Waals surface area contributed by atoms with Gasteiger partial charge in [0.05, 0.1) is 5.69 Å². The highest BCUT2D eigenvalue weighted by Crippen LogP contribution is 2.38. The maximum absolute atomic E-state index is 4.93. The number of nitrogens with zero attached hydrogens (tertiary/aromatic N) is 3. The minimum atomic E-state index is 0.524. The van der Waals surface area contributed by atoms with Crippen LogP contribution in [0.5, 0.6) is 0 Å². The predicted octanol–water partition coefficient (Wildman–Crippen LogP) is 2.27. The highest BCUT2D eigenvalue weighted by Gasteiger charge is 2.27. The van der Waals surface area contributed by atoms with Gasteiger partial charge in [0, 0.05) is 24.0 Å². The summed E-state index contributed by atoms with van der Waals surface area (Å²) in [5.41, 5.74) is 1.34. The fourth-order valence-corrected chi connectivity index (χ4v) is 4.66. The standard InChI is InChI=1S/C15H26N4S/c1-16-12-5-4-6-13-14(12)20-15(17-13)19(3)11-7-9-18(2)10-8-11/h11-12,16H,4-10H2,1-3H3. The molecule has 1 aromatic heterocycles. The van der Waals surface area contributed by atoms with E-state index >= 15 is 0 Å². The number of nitrogens with one attached hydrogen (secondary N) is 1. The summed E-state index contributed by atoms with van der Waals surface area (Å²) in [4.78, 5) is 11.3. The van der Waals surface area contributed by atoms with Crippen LogP contribution < -0.4 is 10.2 Å². The van der Waals surface area contributed by atoms with Gasteiger partial charge in [-0.25, -0.2) is 4.98 Å². The number of aryl methyl sites for hydroxylation is 1. The molecule has 0 saturated carbocycles. The normalized spacial score (nSPS) is 24.6. The number of piperidine rings is 1. The van der Waals surface area contributed by atoms with Crippen LogP contribution in [0.3, 0.4) is 0 Å². The SMILES string of the molecule is CNC1CCCc2nc(N(C)C3CCN(C)CC3)sc21. The van der Waals surface area contributed by atoms with E-state index in [-0.39, 0.29) is 0 Å². The van der Waals surface area contributed by atoms with E-state index in [1.807, 2.05) is 11.3 Å². The van der Waals surface area contributed by atoms with Crippen molar-refractivity contribution in [3.8, 4) is 0 Å². The molecule has 0 bridgehead atoms. The van der Waals surface area contributed by atoms with Gasteiger partial charge >= 0.3 is 0 Å². The molecule has 1 saturated heterocycles. The molecule has 1 N–H and O–H groups in total. The molecule has 20 heavy (non-hydrogen) atoms. The molecule has 1 unspecified atom stereocenters. The van der Waals surface area contributed by atoms with Gasteiger partial charge in [0.25, 0.3) is 0 Å².